The predicted octanol–water partition coefficient (Wildman–Crippen LogP) is 4.50. The Morgan fingerprint density at radius 1 is 1.03 bits per heavy atom. The summed E-state index contributed by atoms with van der Waals surface area (Å²) in [4.78, 5) is 26.6. The Balaban J connectivity index is 1.48. The van der Waals surface area contributed by atoms with E-state index in [1.165, 1.54) is 0 Å². The molecule has 0 fully saturated rings. The zero-order valence-electron chi connectivity index (χ0n) is 16.9. The highest BCUT2D eigenvalue weighted by Gasteiger charge is 2.22. The fourth-order valence-corrected chi connectivity index (χ4v) is 3.57. The van der Waals surface area contributed by atoms with E-state index in [0.717, 1.165) is 27.6 Å². The number of fused-ring (bicyclic) bond motifs is 1. The van der Waals surface area contributed by atoms with E-state index in [2.05, 4.69) is 49.4 Å². The number of anilines is 1. The van der Waals surface area contributed by atoms with E-state index in [1.807, 2.05) is 31.2 Å². The highest BCUT2D eigenvalue weighted by atomic mass is 16.2. The van der Waals surface area contributed by atoms with Gasteiger partial charge in [-0.05, 0) is 41.5 Å². The van der Waals surface area contributed by atoms with Crippen LogP contribution in [-0.2, 0) is 6.54 Å². The predicted molar refractivity (Wildman–Crippen MR) is 120 cm³/mol. The van der Waals surface area contributed by atoms with Crippen molar-refractivity contribution in [2.24, 2.45) is 0 Å². The average molecular weight is 408 g/mol. The lowest BCUT2D eigenvalue weighted by molar-refractivity contribution is 0.0979. The number of H-pyrrole nitrogens is 2. The van der Waals surface area contributed by atoms with Crippen LogP contribution < -0.4 is 4.90 Å². The summed E-state index contributed by atoms with van der Waals surface area (Å²) < 4.78 is 0. The van der Waals surface area contributed by atoms with E-state index < -0.39 is 0 Å². The normalized spacial score (nSPS) is 11.0. The smallest absolute Gasteiger partial charge is 0.276 e. The van der Waals surface area contributed by atoms with Gasteiger partial charge in [0.1, 0.15) is 11.5 Å². The molecule has 0 bridgehead atoms. The summed E-state index contributed by atoms with van der Waals surface area (Å²) in [5.41, 5.74) is 3.73. The van der Waals surface area contributed by atoms with Gasteiger partial charge in [-0.3, -0.25) is 19.8 Å². The molecule has 0 saturated heterocycles. The number of rotatable bonds is 5. The summed E-state index contributed by atoms with van der Waals surface area (Å²) >= 11 is 0. The van der Waals surface area contributed by atoms with Crippen LogP contribution in [0.2, 0.25) is 0 Å². The quantitative estimate of drug-likeness (QED) is 0.448. The molecule has 7 heteroatoms. The van der Waals surface area contributed by atoms with Crippen molar-refractivity contribution >= 4 is 22.4 Å². The van der Waals surface area contributed by atoms with Crippen LogP contribution in [0.25, 0.3) is 22.0 Å². The Hall–Kier alpha value is -4.26. The van der Waals surface area contributed by atoms with Gasteiger partial charge in [-0.1, -0.05) is 36.4 Å². The van der Waals surface area contributed by atoms with E-state index in [9.17, 15) is 4.79 Å². The lowest BCUT2D eigenvalue weighted by Crippen LogP contribution is -2.31. The molecule has 7 nitrogen and oxygen atoms in total. The first-order chi connectivity index (χ1) is 15.2. The van der Waals surface area contributed by atoms with Crippen molar-refractivity contribution in [1.29, 1.82) is 0 Å². The zero-order valence-corrected chi connectivity index (χ0v) is 16.9. The molecule has 3 heterocycles. The standard InChI is InChI=1S/C24H20N6O/c1-16-10-20(14-25-13-16)30(15-23-26-8-9-27-23)24(31)22-12-21(28-29-22)19-7-6-17-4-2-3-5-18(17)11-19/h2-14H,15H2,1H3,(H,26,27)(H,28,29). The molecule has 0 aliphatic carbocycles. The number of amides is 1. The molecule has 152 valence electrons. The van der Waals surface area contributed by atoms with Crippen molar-refractivity contribution in [3.05, 3.63) is 96.5 Å². The second-order valence-electron chi connectivity index (χ2n) is 7.38. The highest BCUT2D eigenvalue weighted by molar-refractivity contribution is 6.05. The SMILES string of the molecule is Cc1cncc(N(Cc2ncc[nH]2)C(=O)c2cc(-c3ccc4ccccc4c3)n[nH]2)c1. The molecule has 0 aliphatic rings. The van der Waals surface area contributed by atoms with Crippen LogP contribution in [0.5, 0.6) is 0 Å². The molecular weight excluding hydrogens is 388 g/mol. The monoisotopic (exact) mass is 408 g/mol. The van der Waals surface area contributed by atoms with Gasteiger partial charge in [-0.15, -0.1) is 0 Å². The Morgan fingerprint density at radius 2 is 1.90 bits per heavy atom. The van der Waals surface area contributed by atoms with Crippen LogP contribution in [0.4, 0.5) is 5.69 Å². The van der Waals surface area contributed by atoms with E-state index in [0.29, 0.717) is 23.8 Å². The highest BCUT2D eigenvalue weighted by Crippen LogP contribution is 2.25. The van der Waals surface area contributed by atoms with E-state index in [-0.39, 0.29) is 5.91 Å². The lowest BCUT2D eigenvalue weighted by atomic mass is 10.1. The Morgan fingerprint density at radius 3 is 2.71 bits per heavy atom. The summed E-state index contributed by atoms with van der Waals surface area (Å²) in [5.74, 6) is 0.479. The van der Waals surface area contributed by atoms with Gasteiger partial charge in [0.2, 0.25) is 0 Å². The number of carbonyl (C=O) groups excluding carboxylic acids is 1. The lowest BCUT2D eigenvalue weighted by Gasteiger charge is -2.21. The molecule has 2 N–H and O–H groups in total. The number of aromatic nitrogens is 5. The zero-order chi connectivity index (χ0) is 21.2. The molecule has 0 unspecified atom stereocenters. The van der Waals surface area contributed by atoms with Crippen molar-refractivity contribution < 1.29 is 4.79 Å². The minimum Gasteiger partial charge on any atom is -0.347 e. The Kier molecular flexibility index (Phi) is 4.76. The minimum atomic E-state index is -0.205. The third-order valence-corrected chi connectivity index (χ3v) is 5.13. The van der Waals surface area contributed by atoms with Gasteiger partial charge in [-0.2, -0.15) is 5.10 Å². The third kappa shape index (κ3) is 3.81. The number of hydrogen-bond acceptors (Lipinski definition) is 4. The number of nitrogens with one attached hydrogen (secondary N) is 2. The van der Waals surface area contributed by atoms with E-state index in [4.69, 9.17) is 0 Å². The van der Waals surface area contributed by atoms with E-state index in [1.54, 1.807) is 35.8 Å². The number of hydrogen-bond donors (Lipinski definition) is 2. The van der Waals surface area contributed by atoms with Gasteiger partial charge in [0, 0.05) is 24.2 Å². The van der Waals surface area contributed by atoms with Crippen molar-refractivity contribution in [2.45, 2.75) is 13.5 Å². The molecule has 0 radical (unpaired) electrons. The van der Waals surface area contributed by atoms with Crippen LogP contribution in [0.1, 0.15) is 21.9 Å². The topological polar surface area (TPSA) is 90.6 Å². The van der Waals surface area contributed by atoms with Crippen LogP contribution >= 0.6 is 0 Å². The van der Waals surface area contributed by atoms with Gasteiger partial charge in [0.05, 0.1) is 24.1 Å². The second-order valence-corrected chi connectivity index (χ2v) is 7.38. The van der Waals surface area contributed by atoms with Crippen LogP contribution in [0.3, 0.4) is 0 Å². The molecule has 5 aromatic rings. The number of pyridine rings is 1. The van der Waals surface area contributed by atoms with Crippen molar-refractivity contribution in [2.75, 3.05) is 4.90 Å². The van der Waals surface area contributed by atoms with Gasteiger partial charge in [0.25, 0.3) is 5.91 Å². The summed E-state index contributed by atoms with van der Waals surface area (Å²) in [7, 11) is 0. The number of aromatic amines is 2. The summed E-state index contributed by atoms with van der Waals surface area (Å²) in [6, 6.07) is 18.0. The molecule has 0 atom stereocenters. The van der Waals surface area contributed by atoms with Crippen molar-refractivity contribution in [3.63, 3.8) is 0 Å². The van der Waals surface area contributed by atoms with Gasteiger partial charge in [-0.25, -0.2) is 4.98 Å². The number of aryl methyl sites for hydroxylation is 1. The fourth-order valence-electron chi connectivity index (χ4n) is 3.57. The van der Waals surface area contributed by atoms with Crippen molar-refractivity contribution in [1.82, 2.24) is 25.1 Å². The molecule has 0 aliphatic heterocycles. The molecule has 0 spiro atoms. The molecule has 31 heavy (non-hydrogen) atoms. The summed E-state index contributed by atoms with van der Waals surface area (Å²) in [5, 5.41) is 9.59. The summed E-state index contributed by atoms with van der Waals surface area (Å²) in [6.07, 6.45) is 6.84. The average Bonchev–Trinajstić information content (AvgIpc) is 3.49. The van der Waals surface area contributed by atoms with Gasteiger partial charge >= 0.3 is 0 Å². The maximum atomic E-state index is 13.4. The largest absolute Gasteiger partial charge is 0.347 e. The number of imidazole rings is 1. The fraction of sp³-hybridized carbons (Fsp3) is 0.0833. The first-order valence-corrected chi connectivity index (χ1v) is 9.94. The maximum absolute atomic E-state index is 13.4. The molecular formula is C24H20N6O. The molecule has 3 aromatic heterocycles. The Bertz CT molecular complexity index is 1360. The number of carbonyl (C=O) groups is 1. The van der Waals surface area contributed by atoms with E-state index >= 15 is 0 Å². The first-order valence-electron chi connectivity index (χ1n) is 9.94. The second kappa shape index (κ2) is 7.87. The first kappa shape index (κ1) is 18.7. The number of nitrogens with zero attached hydrogens (tertiary/aromatic N) is 4. The van der Waals surface area contributed by atoms with Crippen molar-refractivity contribution in [3.8, 4) is 11.3 Å². The molecule has 2 aromatic carbocycles. The molecule has 0 saturated carbocycles. The van der Waals surface area contributed by atoms with Crippen LogP contribution in [-0.4, -0.2) is 31.1 Å². The third-order valence-electron chi connectivity index (χ3n) is 5.13. The molecule has 5 rings (SSSR count). The van der Waals surface area contributed by atoms with Crippen LogP contribution in [0.15, 0.2) is 79.4 Å². The Labute approximate surface area is 178 Å². The minimum absolute atomic E-state index is 0.205. The number of benzene rings is 2. The van der Waals surface area contributed by atoms with Gasteiger partial charge < -0.3 is 4.98 Å². The van der Waals surface area contributed by atoms with Crippen LogP contribution in [0, 0.1) is 6.92 Å². The molecule has 1 amide bonds. The maximum Gasteiger partial charge on any atom is 0.276 e. The van der Waals surface area contributed by atoms with Gasteiger partial charge in [0.15, 0.2) is 0 Å². The summed E-state index contributed by atoms with van der Waals surface area (Å²) in [6.45, 7) is 2.24.